The Hall–Kier alpha value is -3.77. The summed E-state index contributed by atoms with van der Waals surface area (Å²) in [5.74, 6) is 2.62. The molecule has 2 aliphatic heterocycles. The molecule has 0 aliphatic carbocycles. The average Bonchev–Trinajstić information content (AvgIpc) is 3.56. The van der Waals surface area contributed by atoms with Crippen LogP contribution in [0.2, 0.25) is 0 Å². The van der Waals surface area contributed by atoms with E-state index in [-0.39, 0.29) is 11.9 Å². The summed E-state index contributed by atoms with van der Waals surface area (Å²) in [7, 11) is 0. The number of aromatic nitrogens is 2. The van der Waals surface area contributed by atoms with Crippen LogP contribution in [0.1, 0.15) is 50.0 Å². The predicted molar refractivity (Wildman–Crippen MR) is 147 cm³/mol. The van der Waals surface area contributed by atoms with Crippen LogP contribution in [-0.2, 0) is 0 Å². The highest BCUT2D eigenvalue weighted by molar-refractivity contribution is 5.97. The Balaban J connectivity index is 1.29. The lowest BCUT2D eigenvalue weighted by molar-refractivity contribution is 0.169. The molecule has 3 atom stereocenters. The minimum atomic E-state index is -0.295. The molecule has 2 aliphatic rings. The summed E-state index contributed by atoms with van der Waals surface area (Å²) in [6.45, 7) is 9.64. The largest absolute Gasteiger partial charge is 0.508 e. The van der Waals surface area contributed by atoms with E-state index in [1.165, 1.54) is 6.42 Å². The second-order valence-corrected chi connectivity index (χ2v) is 10.5. The summed E-state index contributed by atoms with van der Waals surface area (Å²) >= 11 is 0. The van der Waals surface area contributed by atoms with Crippen LogP contribution in [0.25, 0.3) is 22.0 Å². The fourth-order valence-corrected chi connectivity index (χ4v) is 5.58. The van der Waals surface area contributed by atoms with Gasteiger partial charge in [-0.3, -0.25) is 10.00 Å². The van der Waals surface area contributed by atoms with Gasteiger partial charge in [0.05, 0.1) is 11.7 Å². The molecule has 2 N–H and O–H groups in total. The van der Waals surface area contributed by atoms with E-state index in [0.717, 1.165) is 69.2 Å². The zero-order valence-corrected chi connectivity index (χ0v) is 21.6. The highest BCUT2D eigenvalue weighted by Crippen LogP contribution is 2.47. The van der Waals surface area contributed by atoms with E-state index in [0.29, 0.717) is 12.6 Å². The summed E-state index contributed by atoms with van der Waals surface area (Å²) in [5.41, 5.74) is 6.13. The normalized spacial score (nSPS) is 20.6. The molecule has 2 unspecified atom stereocenters. The van der Waals surface area contributed by atoms with Gasteiger partial charge >= 0.3 is 0 Å². The van der Waals surface area contributed by atoms with Crippen LogP contribution in [0.5, 0.6) is 17.2 Å². The van der Waals surface area contributed by atoms with Crippen molar-refractivity contribution in [1.82, 2.24) is 15.1 Å². The fourth-order valence-electron chi connectivity index (χ4n) is 5.58. The molecule has 4 aromatic rings. The number of nitrogens with one attached hydrogen (secondary N) is 1. The van der Waals surface area contributed by atoms with Crippen molar-refractivity contribution in [2.45, 2.75) is 39.3 Å². The van der Waals surface area contributed by atoms with Crippen molar-refractivity contribution in [2.24, 2.45) is 5.92 Å². The Kier molecular flexibility index (Phi) is 6.13. The molecule has 1 aromatic heterocycles. The van der Waals surface area contributed by atoms with E-state index in [1.807, 2.05) is 24.4 Å². The molecule has 3 heterocycles. The highest BCUT2D eigenvalue weighted by Gasteiger charge is 2.30. The smallest absolute Gasteiger partial charge is 0.150 e. The van der Waals surface area contributed by atoms with Gasteiger partial charge in [0.15, 0.2) is 0 Å². The Morgan fingerprint density at radius 1 is 1.14 bits per heavy atom. The van der Waals surface area contributed by atoms with Crippen LogP contribution in [-0.4, -0.2) is 45.9 Å². The number of hydrogen-bond acceptors (Lipinski definition) is 5. The van der Waals surface area contributed by atoms with Crippen LogP contribution < -0.4 is 9.47 Å². The van der Waals surface area contributed by atoms with Crippen molar-refractivity contribution in [2.75, 3.05) is 19.7 Å². The molecule has 0 radical (unpaired) electrons. The predicted octanol–water partition coefficient (Wildman–Crippen LogP) is 6.44. The molecular formula is C31H33N3O3. The number of hydrogen-bond donors (Lipinski definition) is 2. The van der Waals surface area contributed by atoms with Crippen molar-refractivity contribution in [3.05, 3.63) is 83.6 Å². The molecule has 1 fully saturated rings. The number of phenolic OH excluding ortho intramolecular Hbond substituents is 1. The van der Waals surface area contributed by atoms with E-state index in [4.69, 9.17) is 9.47 Å². The third-order valence-corrected chi connectivity index (χ3v) is 7.78. The van der Waals surface area contributed by atoms with Crippen molar-refractivity contribution in [3.63, 3.8) is 0 Å². The quantitative estimate of drug-likeness (QED) is 0.322. The standard InChI is InChI=1S/C31H33N3O3/c1-19-12-13-34(17-19)20(2)18-36-26-9-6-22(7-10-26)31-30(23-4-5-24-16-32-33-28(24)14-23)21(3)27-15-25(35)8-11-29(27)37-31/h4-11,14-16,19-20,31,35H,12-13,17-18H2,1-3H3,(H,32,33)/t19-,20?,31?/m1/s1. The molecule has 6 heteroatoms. The molecule has 6 nitrogen and oxygen atoms in total. The number of phenols is 1. The Labute approximate surface area is 217 Å². The van der Waals surface area contributed by atoms with Gasteiger partial charge in [-0.2, -0.15) is 5.10 Å². The minimum absolute atomic E-state index is 0.225. The van der Waals surface area contributed by atoms with Gasteiger partial charge in [-0.1, -0.05) is 31.2 Å². The number of benzene rings is 3. The van der Waals surface area contributed by atoms with Crippen LogP contribution in [0, 0.1) is 5.92 Å². The molecule has 6 rings (SSSR count). The summed E-state index contributed by atoms with van der Waals surface area (Å²) in [5, 5.41) is 18.5. The third kappa shape index (κ3) is 4.58. The second kappa shape index (κ2) is 9.60. The summed E-state index contributed by atoms with van der Waals surface area (Å²) in [4.78, 5) is 2.51. The number of nitrogens with zero attached hydrogens (tertiary/aromatic N) is 2. The number of aromatic amines is 1. The SMILES string of the molecule is CC1=C(c2ccc3cn[nH]c3c2)C(c2ccc(OCC(C)N3CC[C@@H](C)C3)cc2)Oc2ccc(O)cc21. The molecule has 0 spiro atoms. The zero-order chi connectivity index (χ0) is 25.5. The van der Waals surface area contributed by atoms with E-state index in [9.17, 15) is 5.11 Å². The Morgan fingerprint density at radius 2 is 1.97 bits per heavy atom. The third-order valence-electron chi connectivity index (χ3n) is 7.78. The average molecular weight is 496 g/mol. The number of likely N-dealkylation sites (tertiary alicyclic amines) is 1. The Morgan fingerprint density at radius 3 is 2.76 bits per heavy atom. The minimum Gasteiger partial charge on any atom is -0.508 e. The molecule has 1 saturated heterocycles. The summed E-state index contributed by atoms with van der Waals surface area (Å²) < 4.78 is 12.7. The molecule has 0 bridgehead atoms. The van der Waals surface area contributed by atoms with E-state index >= 15 is 0 Å². The van der Waals surface area contributed by atoms with Crippen LogP contribution in [0.3, 0.4) is 0 Å². The van der Waals surface area contributed by atoms with Crippen molar-refractivity contribution >= 4 is 22.0 Å². The lowest BCUT2D eigenvalue weighted by Gasteiger charge is -2.31. The number of allylic oxidation sites excluding steroid dienone is 1. The van der Waals surface area contributed by atoms with Gasteiger partial charge < -0.3 is 14.6 Å². The maximum atomic E-state index is 10.2. The molecule has 3 aromatic carbocycles. The molecule has 37 heavy (non-hydrogen) atoms. The van der Waals surface area contributed by atoms with Gasteiger partial charge in [0, 0.05) is 29.1 Å². The first-order valence-electron chi connectivity index (χ1n) is 13.1. The van der Waals surface area contributed by atoms with Gasteiger partial charge in [-0.25, -0.2) is 0 Å². The van der Waals surface area contributed by atoms with Crippen LogP contribution in [0.4, 0.5) is 0 Å². The van der Waals surface area contributed by atoms with Gasteiger partial charge in [0.1, 0.15) is 30.0 Å². The maximum absolute atomic E-state index is 10.2. The van der Waals surface area contributed by atoms with Gasteiger partial charge in [0.2, 0.25) is 0 Å². The topological polar surface area (TPSA) is 70.6 Å². The van der Waals surface area contributed by atoms with E-state index in [2.05, 4.69) is 66.2 Å². The summed E-state index contributed by atoms with van der Waals surface area (Å²) in [6.07, 6.45) is 2.80. The fraction of sp³-hybridized carbons (Fsp3) is 0.323. The first-order valence-corrected chi connectivity index (χ1v) is 13.1. The van der Waals surface area contributed by atoms with Crippen molar-refractivity contribution < 1.29 is 14.6 Å². The van der Waals surface area contributed by atoms with Gasteiger partial charge in [0.25, 0.3) is 0 Å². The highest BCUT2D eigenvalue weighted by atomic mass is 16.5. The summed E-state index contributed by atoms with van der Waals surface area (Å²) in [6, 6.07) is 20.2. The number of aromatic hydroxyl groups is 1. The lowest BCUT2D eigenvalue weighted by atomic mass is 9.86. The zero-order valence-electron chi connectivity index (χ0n) is 21.6. The first kappa shape index (κ1) is 23.6. The van der Waals surface area contributed by atoms with Gasteiger partial charge in [-0.15, -0.1) is 0 Å². The lowest BCUT2D eigenvalue weighted by Crippen LogP contribution is -2.35. The molecule has 0 saturated carbocycles. The second-order valence-electron chi connectivity index (χ2n) is 10.5. The maximum Gasteiger partial charge on any atom is 0.150 e. The monoisotopic (exact) mass is 495 g/mol. The Bertz CT molecular complexity index is 1460. The van der Waals surface area contributed by atoms with Crippen molar-refractivity contribution in [3.8, 4) is 17.2 Å². The van der Waals surface area contributed by atoms with E-state index in [1.54, 1.807) is 12.1 Å². The molecule has 190 valence electrons. The van der Waals surface area contributed by atoms with Crippen molar-refractivity contribution in [1.29, 1.82) is 0 Å². The number of ether oxygens (including phenoxy) is 2. The molecular weight excluding hydrogens is 462 g/mol. The van der Waals surface area contributed by atoms with Crippen LogP contribution >= 0.6 is 0 Å². The van der Waals surface area contributed by atoms with Crippen LogP contribution in [0.15, 0.2) is 66.9 Å². The number of fused-ring (bicyclic) bond motifs is 2. The number of H-pyrrole nitrogens is 1. The molecule has 0 amide bonds. The van der Waals surface area contributed by atoms with E-state index < -0.39 is 0 Å². The first-order chi connectivity index (χ1) is 18.0. The number of rotatable bonds is 6. The van der Waals surface area contributed by atoms with Gasteiger partial charge in [-0.05, 0) is 85.8 Å².